The largest absolute Gasteiger partial charge is 0.322 e. The van der Waals surface area contributed by atoms with Crippen molar-refractivity contribution in [2.24, 2.45) is 5.41 Å². The first-order valence-electron chi connectivity index (χ1n) is 8.75. The van der Waals surface area contributed by atoms with Crippen molar-refractivity contribution >= 4 is 22.5 Å². The summed E-state index contributed by atoms with van der Waals surface area (Å²) in [7, 11) is 0. The van der Waals surface area contributed by atoms with Crippen LogP contribution in [0.15, 0.2) is 59.4 Å². The second kappa shape index (κ2) is 6.79. The van der Waals surface area contributed by atoms with Gasteiger partial charge in [0.05, 0.1) is 6.54 Å². The first-order valence-corrected chi connectivity index (χ1v) is 8.75. The van der Waals surface area contributed by atoms with Crippen molar-refractivity contribution < 1.29 is 4.79 Å². The molecule has 1 heterocycles. The summed E-state index contributed by atoms with van der Waals surface area (Å²) in [5, 5.41) is 0.953. The molecule has 134 valence electrons. The maximum absolute atomic E-state index is 13.1. The molecule has 0 spiro atoms. The molecule has 3 aromatic rings. The number of nitrogens with zero attached hydrogens (tertiary/aromatic N) is 1. The molecule has 0 aliphatic rings. The number of rotatable bonds is 3. The van der Waals surface area contributed by atoms with E-state index in [-0.39, 0.29) is 18.0 Å². The predicted molar refractivity (Wildman–Crippen MR) is 106 cm³/mol. The van der Waals surface area contributed by atoms with Crippen molar-refractivity contribution in [1.82, 2.24) is 4.98 Å². The molecular weight excluding hydrogens is 324 g/mol. The highest BCUT2D eigenvalue weighted by Crippen LogP contribution is 2.26. The number of carbonyl (C=O) groups is 1. The van der Waals surface area contributed by atoms with Gasteiger partial charge in [-0.15, -0.1) is 0 Å². The van der Waals surface area contributed by atoms with Crippen LogP contribution in [0.25, 0.3) is 10.9 Å². The number of carbonyl (C=O) groups excluding carboxylic acids is 1. The number of H-pyrrole nitrogens is 1. The van der Waals surface area contributed by atoms with Crippen molar-refractivity contribution in [2.45, 2.75) is 34.2 Å². The Morgan fingerprint density at radius 3 is 2.46 bits per heavy atom. The number of aryl methyl sites for hydroxylation is 1. The minimum Gasteiger partial charge on any atom is -0.322 e. The number of hydrogen-bond acceptors (Lipinski definition) is 2. The summed E-state index contributed by atoms with van der Waals surface area (Å²) < 4.78 is 0. The molecule has 2 aromatic carbocycles. The molecule has 1 amide bonds. The topological polar surface area (TPSA) is 53.2 Å². The molecule has 0 unspecified atom stereocenters. The van der Waals surface area contributed by atoms with Gasteiger partial charge in [-0.3, -0.25) is 9.59 Å². The second-order valence-corrected chi connectivity index (χ2v) is 7.69. The molecule has 1 aromatic heterocycles. The number of para-hydroxylation sites is 1. The molecule has 0 bridgehead atoms. The fraction of sp³-hybridized carbons (Fsp3) is 0.273. The minimum atomic E-state index is -0.548. The van der Waals surface area contributed by atoms with Crippen LogP contribution >= 0.6 is 0 Å². The Hall–Kier alpha value is -2.88. The Labute approximate surface area is 153 Å². The Balaban J connectivity index is 2.07. The molecule has 0 aliphatic carbocycles. The van der Waals surface area contributed by atoms with E-state index in [1.165, 1.54) is 0 Å². The smallest absolute Gasteiger partial charge is 0.253 e. The van der Waals surface area contributed by atoms with Gasteiger partial charge < -0.3 is 9.88 Å². The third kappa shape index (κ3) is 3.69. The van der Waals surface area contributed by atoms with E-state index < -0.39 is 5.41 Å². The van der Waals surface area contributed by atoms with E-state index in [0.29, 0.717) is 5.56 Å². The molecule has 3 rings (SSSR count). The summed E-state index contributed by atoms with van der Waals surface area (Å²) in [6, 6.07) is 17.3. The van der Waals surface area contributed by atoms with Crippen molar-refractivity contribution in [2.75, 3.05) is 4.90 Å². The third-order valence-electron chi connectivity index (χ3n) is 4.36. The van der Waals surface area contributed by atoms with Gasteiger partial charge in [0.2, 0.25) is 5.91 Å². The van der Waals surface area contributed by atoms with Gasteiger partial charge in [0.1, 0.15) is 0 Å². The number of anilines is 1. The first-order chi connectivity index (χ1) is 12.3. The Bertz CT molecular complexity index is 1010. The molecule has 26 heavy (non-hydrogen) atoms. The number of pyridine rings is 1. The lowest BCUT2D eigenvalue weighted by atomic mass is 9.94. The van der Waals surface area contributed by atoms with Crippen LogP contribution in [-0.2, 0) is 11.3 Å². The van der Waals surface area contributed by atoms with E-state index >= 15 is 0 Å². The van der Waals surface area contributed by atoms with E-state index in [1.54, 1.807) is 4.90 Å². The predicted octanol–water partition coefficient (Wildman–Crippen LogP) is 4.42. The molecule has 0 fully saturated rings. The zero-order valence-corrected chi connectivity index (χ0v) is 15.7. The lowest BCUT2D eigenvalue weighted by molar-refractivity contribution is -0.125. The SMILES string of the molecule is Cc1cccc(N(Cc2cc3ccccc3[nH]c2=O)C(=O)C(C)(C)C)c1. The lowest BCUT2D eigenvalue weighted by Gasteiger charge is -2.30. The Morgan fingerprint density at radius 1 is 1.04 bits per heavy atom. The van der Waals surface area contributed by atoms with Crippen LogP contribution in [-0.4, -0.2) is 10.9 Å². The van der Waals surface area contributed by atoms with Crippen LogP contribution in [0, 0.1) is 12.3 Å². The van der Waals surface area contributed by atoms with Gasteiger partial charge in [0.25, 0.3) is 5.56 Å². The Kier molecular flexibility index (Phi) is 4.68. The summed E-state index contributed by atoms with van der Waals surface area (Å²) in [5.74, 6) is -0.0179. The van der Waals surface area contributed by atoms with Crippen LogP contribution in [0.4, 0.5) is 5.69 Å². The van der Waals surface area contributed by atoms with Gasteiger partial charge >= 0.3 is 0 Å². The van der Waals surface area contributed by atoms with Gasteiger partial charge in [0, 0.05) is 22.2 Å². The molecule has 0 saturated heterocycles. The van der Waals surface area contributed by atoms with Crippen molar-refractivity contribution in [3.05, 3.63) is 76.1 Å². The summed E-state index contributed by atoms with van der Waals surface area (Å²) in [4.78, 5) is 30.2. The normalized spacial score (nSPS) is 11.5. The van der Waals surface area contributed by atoms with E-state index in [2.05, 4.69) is 4.98 Å². The van der Waals surface area contributed by atoms with E-state index in [1.807, 2.05) is 82.3 Å². The molecule has 0 aliphatic heterocycles. The summed E-state index contributed by atoms with van der Waals surface area (Å²) >= 11 is 0. The highest BCUT2D eigenvalue weighted by molar-refractivity contribution is 5.97. The number of amides is 1. The van der Waals surface area contributed by atoms with Crippen LogP contribution in [0.5, 0.6) is 0 Å². The van der Waals surface area contributed by atoms with Crippen LogP contribution in [0.3, 0.4) is 0 Å². The van der Waals surface area contributed by atoms with E-state index in [9.17, 15) is 9.59 Å². The summed E-state index contributed by atoms with van der Waals surface area (Å²) in [6.45, 7) is 7.90. The zero-order valence-electron chi connectivity index (χ0n) is 15.7. The zero-order chi connectivity index (χ0) is 18.9. The molecule has 0 atom stereocenters. The number of fused-ring (bicyclic) bond motifs is 1. The lowest BCUT2D eigenvalue weighted by Crippen LogP contribution is -2.40. The number of aromatic amines is 1. The van der Waals surface area contributed by atoms with Gasteiger partial charge in [-0.1, -0.05) is 51.1 Å². The number of hydrogen-bond donors (Lipinski definition) is 1. The Morgan fingerprint density at radius 2 is 1.77 bits per heavy atom. The summed E-state index contributed by atoms with van der Waals surface area (Å²) in [6.07, 6.45) is 0. The fourth-order valence-corrected chi connectivity index (χ4v) is 2.96. The van der Waals surface area contributed by atoms with Gasteiger partial charge in [-0.05, 0) is 42.1 Å². The minimum absolute atomic E-state index is 0.0179. The number of nitrogens with one attached hydrogen (secondary N) is 1. The second-order valence-electron chi connectivity index (χ2n) is 7.69. The quantitative estimate of drug-likeness (QED) is 0.762. The van der Waals surface area contributed by atoms with Crippen LogP contribution in [0.2, 0.25) is 0 Å². The van der Waals surface area contributed by atoms with E-state index in [4.69, 9.17) is 0 Å². The molecular formula is C22H24N2O2. The van der Waals surface area contributed by atoms with Crippen LogP contribution < -0.4 is 10.5 Å². The molecule has 1 N–H and O–H groups in total. The standard InChI is InChI=1S/C22H24N2O2/c1-15-8-7-10-18(12-15)24(21(26)22(2,3)4)14-17-13-16-9-5-6-11-19(16)23-20(17)25/h5-13H,14H2,1-4H3,(H,23,25). The van der Waals surface area contributed by atoms with Crippen molar-refractivity contribution in [1.29, 1.82) is 0 Å². The molecule has 4 heteroatoms. The molecule has 0 radical (unpaired) electrons. The number of benzene rings is 2. The monoisotopic (exact) mass is 348 g/mol. The highest BCUT2D eigenvalue weighted by atomic mass is 16.2. The maximum atomic E-state index is 13.1. The molecule has 0 saturated carbocycles. The maximum Gasteiger partial charge on any atom is 0.253 e. The average molecular weight is 348 g/mol. The van der Waals surface area contributed by atoms with E-state index in [0.717, 1.165) is 22.2 Å². The first kappa shape index (κ1) is 17.9. The average Bonchev–Trinajstić information content (AvgIpc) is 2.58. The summed E-state index contributed by atoms with van der Waals surface area (Å²) in [5.41, 5.74) is 2.53. The molecule has 4 nitrogen and oxygen atoms in total. The van der Waals surface area contributed by atoms with Gasteiger partial charge in [-0.2, -0.15) is 0 Å². The van der Waals surface area contributed by atoms with Crippen LogP contribution in [0.1, 0.15) is 31.9 Å². The van der Waals surface area contributed by atoms with Crippen molar-refractivity contribution in [3.63, 3.8) is 0 Å². The van der Waals surface area contributed by atoms with Gasteiger partial charge in [0.15, 0.2) is 0 Å². The third-order valence-corrected chi connectivity index (χ3v) is 4.36. The van der Waals surface area contributed by atoms with Gasteiger partial charge in [-0.25, -0.2) is 0 Å². The van der Waals surface area contributed by atoms with Crippen molar-refractivity contribution in [3.8, 4) is 0 Å². The highest BCUT2D eigenvalue weighted by Gasteiger charge is 2.29. The number of aromatic nitrogens is 1. The fourth-order valence-electron chi connectivity index (χ4n) is 2.96.